The lowest BCUT2D eigenvalue weighted by molar-refractivity contribution is 0.132. The minimum Gasteiger partial charge on any atom is -0.381 e. The van der Waals surface area contributed by atoms with Crippen LogP contribution in [0.3, 0.4) is 0 Å². The topological polar surface area (TPSA) is 69.2 Å². The van der Waals surface area contributed by atoms with E-state index in [4.69, 9.17) is 0 Å². The van der Waals surface area contributed by atoms with Crippen molar-refractivity contribution in [2.24, 2.45) is 0 Å². The Morgan fingerprint density at radius 2 is 1.72 bits per heavy atom. The van der Waals surface area contributed by atoms with E-state index in [1.807, 2.05) is 18.2 Å². The van der Waals surface area contributed by atoms with Gasteiger partial charge in [-0.05, 0) is 53.9 Å². The molecule has 4 aromatic rings. The third kappa shape index (κ3) is 7.75. The quantitative estimate of drug-likeness (QED) is 0.241. The average Bonchev–Trinajstić information content (AvgIpc) is 2.98. The van der Waals surface area contributed by atoms with Crippen LogP contribution < -0.4 is 10.6 Å². The second-order valence-corrected chi connectivity index (χ2v) is 10.4. The van der Waals surface area contributed by atoms with Crippen LogP contribution in [0.25, 0.3) is 11.3 Å². The molecule has 3 heterocycles. The maximum atomic E-state index is 12.3. The molecule has 39 heavy (non-hydrogen) atoms. The van der Waals surface area contributed by atoms with Gasteiger partial charge in [0.25, 0.3) is 0 Å². The standard InChI is InChI=1S/C30H34FN7S/c1-23-4-9-27(19-29(23)36-30-33-12-10-28(35-30)26-3-2-11-32-21-26)34-20-24-5-7-25(8-6-24)22-38-15-13-37(14-16-38)17-18-39-31/h2-12,19,21,34H,13-18,20,22H2,1H3,(H,33,35,36). The summed E-state index contributed by atoms with van der Waals surface area (Å²) < 4.78 is 12.3. The molecule has 9 heteroatoms. The molecule has 5 rings (SSSR count). The molecule has 2 N–H and O–H groups in total. The molecule has 1 fully saturated rings. The fraction of sp³-hybridized carbons (Fsp3) is 0.300. The van der Waals surface area contributed by atoms with Gasteiger partial charge in [0.1, 0.15) is 0 Å². The molecular formula is C30H34FN7S. The van der Waals surface area contributed by atoms with Crippen LogP contribution in [0, 0.1) is 6.92 Å². The Labute approximate surface area is 234 Å². The van der Waals surface area contributed by atoms with Crippen molar-refractivity contribution in [2.75, 3.05) is 49.1 Å². The van der Waals surface area contributed by atoms with E-state index in [-0.39, 0.29) is 0 Å². The molecule has 0 atom stereocenters. The number of rotatable bonds is 11. The summed E-state index contributed by atoms with van der Waals surface area (Å²) in [5, 5.41) is 6.91. The summed E-state index contributed by atoms with van der Waals surface area (Å²) in [5.41, 5.74) is 7.43. The number of aromatic nitrogens is 3. The van der Waals surface area contributed by atoms with Crippen molar-refractivity contribution in [3.05, 3.63) is 95.9 Å². The van der Waals surface area contributed by atoms with Gasteiger partial charge in [0, 0.05) is 99.2 Å². The predicted octanol–water partition coefficient (Wildman–Crippen LogP) is 5.94. The molecule has 2 aromatic heterocycles. The molecule has 0 unspecified atom stereocenters. The second kappa shape index (κ2) is 13.5. The van der Waals surface area contributed by atoms with Gasteiger partial charge in [0.15, 0.2) is 0 Å². The minimum atomic E-state index is 0.433. The van der Waals surface area contributed by atoms with Crippen molar-refractivity contribution in [1.82, 2.24) is 24.8 Å². The fourth-order valence-electron chi connectivity index (χ4n) is 4.64. The van der Waals surface area contributed by atoms with Crippen LogP contribution in [0.15, 0.2) is 79.3 Å². The highest BCUT2D eigenvalue weighted by Crippen LogP contribution is 2.24. The number of anilines is 3. The van der Waals surface area contributed by atoms with Crippen molar-refractivity contribution < 1.29 is 3.89 Å². The Hall–Kier alpha value is -3.53. The average molecular weight is 544 g/mol. The minimum absolute atomic E-state index is 0.433. The first-order chi connectivity index (χ1) is 19.2. The number of aryl methyl sites for hydroxylation is 1. The van der Waals surface area contributed by atoms with Crippen molar-refractivity contribution in [3.63, 3.8) is 0 Å². The van der Waals surface area contributed by atoms with E-state index >= 15 is 0 Å². The van der Waals surface area contributed by atoms with E-state index in [0.717, 1.165) is 74.0 Å². The molecule has 0 spiro atoms. The molecular weight excluding hydrogens is 509 g/mol. The Balaban J connectivity index is 1.14. The molecule has 1 aliphatic rings. The molecule has 0 radical (unpaired) electrons. The SMILES string of the molecule is Cc1ccc(NCc2ccc(CN3CCN(CCSF)CC3)cc2)cc1Nc1nccc(-c2cccnc2)n1. The van der Waals surface area contributed by atoms with Crippen LogP contribution in [-0.2, 0) is 13.1 Å². The molecule has 7 nitrogen and oxygen atoms in total. The lowest BCUT2D eigenvalue weighted by Crippen LogP contribution is -2.46. The molecule has 1 saturated heterocycles. The fourth-order valence-corrected chi connectivity index (χ4v) is 4.97. The third-order valence-corrected chi connectivity index (χ3v) is 7.31. The molecule has 0 saturated carbocycles. The number of piperazine rings is 1. The van der Waals surface area contributed by atoms with E-state index in [0.29, 0.717) is 23.8 Å². The maximum absolute atomic E-state index is 12.3. The first kappa shape index (κ1) is 27.1. The molecule has 202 valence electrons. The largest absolute Gasteiger partial charge is 0.381 e. The summed E-state index contributed by atoms with van der Waals surface area (Å²) in [6.07, 6.45) is 5.31. The van der Waals surface area contributed by atoms with Gasteiger partial charge in [-0.25, -0.2) is 9.97 Å². The highest BCUT2D eigenvalue weighted by atomic mass is 32.2. The van der Waals surface area contributed by atoms with Gasteiger partial charge in [-0.1, -0.05) is 30.3 Å². The summed E-state index contributed by atoms with van der Waals surface area (Å²) in [4.78, 5) is 18.1. The zero-order valence-electron chi connectivity index (χ0n) is 22.2. The van der Waals surface area contributed by atoms with E-state index < -0.39 is 0 Å². The van der Waals surface area contributed by atoms with Gasteiger partial charge in [-0.15, -0.1) is 0 Å². The number of benzene rings is 2. The number of nitrogens with one attached hydrogen (secondary N) is 2. The highest BCUT2D eigenvalue weighted by molar-refractivity contribution is 7.94. The second-order valence-electron chi connectivity index (χ2n) is 9.76. The number of hydrogen-bond donors (Lipinski definition) is 2. The van der Waals surface area contributed by atoms with Crippen LogP contribution in [0.2, 0.25) is 0 Å². The zero-order valence-corrected chi connectivity index (χ0v) is 23.0. The number of hydrogen-bond acceptors (Lipinski definition) is 8. The Morgan fingerprint density at radius 1 is 0.923 bits per heavy atom. The van der Waals surface area contributed by atoms with Gasteiger partial charge in [-0.2, -0.15) is 3.89 Å². The Kier molecular flexibility index (Phi) is 9.37. The normalized spacial score (nSPS) is 14.3. The van der Waals surface area contributed by atoms with Crippen LogP contribution in [0.5, 0.6) is 0 Å². The van der Waals surface area contributed by atoms with Crippen molar-refractivity contribution in [3.8, 4) is 11.3 Å². The zero-order chi connectivity index (χ0) is 26.9. The molecule has 2 aromatic carbocycles. The maximum Gasteiger partial charge on any atom is 0.227 e. The monoisotopic (exact) mass is 543 g/mol. The molecule has 0 bridgehead atoms. The van der Waals surface area contributed by atoms with Gasteiger partial charge >= 0.3 is 0 Å². The molecule has 0 aliphatic carbocycles. The van der Waals surface area contributed by atoms with E-state index in [1.165, 1.54) is 11.1 Å². The van der Waals surface area contributed by atoms with Crippen molar-refractivity contribution >= 4 is 29.5 Å². The summed E-state index contributed by atoms with van der Waals surface area (Å²) >= 11 is 0.433. The van der Waals surface area contributed by atoms with Crippen LogP contribution in [0.1, 0.15) is 16.7 Å². The predicted molar refractivity (Wildman–Crippen MR) is 159 cm³/mol. The Bertz CT molecular complexity index is 1330. The summed E-state index contributed by atoms with van der Waals surface area (Å²) in [7, 11) is 0. The van der Waals surface area contributed by atoms with Crippen molar-refractivity contribution in [2.45, 2.75) is 20.0 Å². The molecule has 0 amide bonds. The van der Waals surface area contributed by atoms with E-state index in [1.54, 1.807) is 18.6 Å². The summed E-state index contributed by atoms with van der Waals surface area (Å²) in [5.74, 6) is 1.11. The van der Waals surface area contributed by atoms with Crippen LogP contribution >= 0.6 is 12.1 Å². The van der Waals surface area contributed by atoms with Crippen LogP contribution in [0.4, 0.5) is 21.2 Å². The smallest absolute Gasteiger partial charge is 0.227 e. The van der Waals surface area contributed by atoms with Gasteiger partial charge in [0.2, 0.25) is 5.95 Å². The number of pyridine rings is 1. The third-order valence-electron chi connectivity index (χ3n) is 6.97. The number of halogens is 1. The lowest BCUT2D eigenvalue weighted by atomic mass is 10.1. The van der Waals surface area contributed by atoms with Gasteiger partial charge in [-0.3, -0.25) is 14.8 Å². The van der Waals surface area contributed by atoms with E-state index in [2.05, 4.69) is 84.8 Å². The lowest BCUT2D eigenvalue weighted by Gasteiger charge is -2.34. The molecule has 1 aliphatic heterocycles. The first-order valence-electron chi connectivity index (χ1n) is 13.3. The Morgan fingerprint density at radius 3 is 2.49 bits per heavy atom. The first-order valence-corrected chi connectivity index (χ1v) is 14.2. The van der Waals surface area contributed by atoms with Gasteiger partial charge in [0.05, 0.1) is 5.69 Å². The van der Waals surface area contributed by atoms with Crippen LogP contribution in [-0.4, -0.2) is 63.2 Å². The summed E-state index contributed by atoms with van der Waals surface area (Å²) in [6.45, 7) is 8.68. The number of nitrogens with zero attached hydrogens (tertiary/aromatic N) is 5. The van der Waals surface area contributed by atoms with Gasteiger partial charge < -0.3 is 10.6 Å². The summed E-state index contributed by atoms with van der Waals surface area (Å²) in [6, 6.07) is 20.9. The van der Waals surface area contributed by atoms with Crippen molar-refractivity contribution in [1.29, 1.82) is 0 Å². The van der Waals surface area contributed by atoms with E-state index in [9.17, 15) is 3.89 Å². The highest BCUT2D eigenvalue weighted by Gasteiger charge is 2.16.